The number of ether oxygens (including phenoxy) is 1. The van der Waals surface area contributed by atoms with Crippen LogP contribution in [0.2, 0.25) is 0 Å². The van der Waals surface area contributed by atoms with Crippen molar-refractivity contribution in [2.24, 2.45) is 0 Å². The highest BCUT2D eigenvalue weighted by Crippen LogP contribution is 2.21. The number of esters is 1. The van der Waals surface area contributed by atoms with Crippen molar-refractivity contribution in [1.29, 1.82) is 0 Å². The number of hydrogen-bond acceptors (Lipinski definition) is 5. The molecule has 142 valence electrons. The topological polar surface area (TPSA) is 82.4 Å². The normalized spacial score (nSPS) is 10.6. The zero-order chi connectivity index (χ0) is 20.3. The summed E-state index contributed by atoms with van der Waals surface area (Å²) in [6.45, 7) is 0.269. The lowest BCUT2D eigenvalue weighted by Gasteiger charge is -2.14. The number of benzene rings is 2. The van der Waals surface area contributed by atoms with E-state index in [1.165, 1.54) is 18.3 Å². The molecule has 6 nitrogen and oxygen atoms in total. The molecule has 0 aliphatic rings. The SMILES string of the molecule is O=CCC(=O)C(=O)Oc1cn(Cc2ccc(F)cc2)c2ccc(Br)cc2c1=O. The summed E-state index contributed by atoms with van der Waals surface area (Å²) in [6.07, 6.45) is 0.976. The van der Waals surface area contributed by atoms with Gasteiger partial charge in [-0.3, -0.25) is 9.59 Å². The lowest BCUT2D eigenvalue weighted by molar-refractivity contribution is -0.147. The Bertz CT molecular complexity index is 1140. The van der Waals surface area contributed by atoms with E-state index < -0.39 is 23.6 Å². The number of Topliss-reactive ketones (excluding diaryl/α,β-unsaturated/α-hetero) is 1. The van der Waals surface area contributed by atoms with Gasteiger partial charge in [0.1, 0.15) is 12.1 Å². The van der Waals surface area contributed by atoms with Crippen LogP contribution in [0.25, 0.3) is 10.9 Å². The Morgan fingerprint density at radius 3 is 2.54 bits per heavy atom. The van der Waals surface area contributed by atoms with E-state index in [0.717, 1.165) is 5.56 Å². The number of hydrogen-bond donors (Lipinski definition) is 0. The molecule has 2 aromatic carbocycles. The van der Waals surface area contributed by atoms with Crippen LogP contribution in [0.3, 0.4) is 0 Å². The first kappa shape index (κ1) is 19.6. The van der Waals surface area contributed by atoms with E-state index in [9.17, 15) is 23.6 Å². The summed E-state index contributed by atoms with van der Waals surface area (Å²) in [4.78, 5) is 46.5. The van der Waals surface area contributed by atoms with Gasteiger partial charge in [-0.25, -0.2) is 9.18 Å². The molecule has 0 saturated carbocycles. The highest BCUT2D eigenvalue weighted by Gasteiger charge is 2.19. The second kappa shape index (κ2) is 8.26. The van der Waals surface area contributed by atoms with Crippen LogP contribution in [0.15, 0.2) is 57.9 Å². The van der Waals surface area contributed by atoms with Crippen LogP contribution in [0.4, 0.5) is 4.39 Å². The third kappa shape index (κ3) is 4.23. The number of rotatable bonds is 6. The van der Waals surface area contributed by atoms with Crippen molar-refractivity contribution in [3.8, 4) is 5.75 Å². The number of ketones is 1. The van der Waals surface area contributed by atoms with Gasteiger partial charge < -0.3 is 14.1 Å². The number of nitrogens with zero attached hydrogens (tertiary/aromatic N) is 1. The first-order chi connectivity index (χ1) is 13.4. The van der Waals surface area contributed by atoms with Crippen molar-refractivity contribution in [2.45, 2.75) is 13.0 Å². The smallest absolute Gasteiger partial charge is 0.380 e. The van der Waals surface area contributed by atoms with E-state index in [-0.39, 0.29) is 29.8 Å². The summed E-state index contributed by atoms with van der Waals surface area (Å²) in [5, 5.41) is 0.268. The minimum absolute atomic E-state index is 0.268. The van der Waals surface area contributed by atoms with Gasteiger partial charge >= 0.3 is 5.97 Å². The van der Waals surface area contributed by atoms with Gasteiger partial charge in [-0.05, 0) is 35.9 Å². The maximum Gasteiger partial charge on any atom is 0.380 e. The summed E-state index contributed by atoms with van der Waals surface area (Å²) in [5.74, 6) is -3.04. The summed E-state index contributed by atoms with van der Waals surface area (Å²) >= 11 is 3.29. The van der Waals surface area contributed by atoms with E-state index in [0.29, 0.717) is 9.99 Å². The average molecular weight is 446 g/mol. The fourth-order valence-corrected chi connectivity index (χ4v) is 3.01. The molecule has 0 spiro atoms. The fraction of sp³-hybridized carbons (Fsp3) is 0.100. The second-order valence-electron chi connectivity index (χ2n) is 5.92. The number of halogens is 2. The molecule has 3 rings (SSSR count). The summed E-state index contributed by atoms with van der Waals surface area (Å²) < 4.78 is 20.4. The molecule has 0 fully saturated rings. The minimum atomic E-state index is -1.29. The van der Waals surface area contributed by atoms with E-state index >= 15 is 0 Å². The van der Waals surface area contributed by atoms with Gasteiger partial charge in [0.25, 0.3) is 0 Å². The lowest BCUT2D eigenvalue weighted by atomic mass is 10.1. The molecule has 0 aliphatic heterocycles. The van der Waals surface area contributed by atoms with Crippen LogP contribution in [-0.2, 0) is 20.9 Å². The Hall–Kier alpha value is -3.13. The van der Waals surface area contributed by atoms with Crippen molar-refractivity contribution in [1.82, 2.24) is 4.57 Å². The second-order valence-corrected chi connectivity index (χ2v) is 6.84. The molecule has 3 aromatic rings. The Kier molecular flexibility index (Phi) is 5.79. The van der Waals surface area contributed by atoms with Crippen LogP contribution in [0.5, 0.6) is 5.75 Å². The number of fused-ring (bicyclic) bond motifs is 1. The zero-order valence-electron chi connectivity index (χ0n) is 14.4. The fourth-order valence-electron chi connectivity index (χ4n) is 2.65. The van der Waals surface area contributed by atoms with Crippen molar-refractivity contribution in [3.05, 3.63) is 74.7 Å². The van der Waals surface area contributed by atoms with Crippen LogP contribution < -0.4 is 10.2 Å². The highest BCUT2D eigenvalue weighted by atomic mass is 79.9. The van der Waals surface area contributed by atoms with E-state index in [1.54, 1.807) is 34.9 Å². The van der Waals surface area contributed by atoms with Gasteiger partial charge in [0.05, 0.1) is 23.5 Å². The van der Waals surface area contributed by atoms with Crippen LogP contribution in [0.1, 0.15) is 12.0 Å². The van der Waals surface area contributed by atoms with Gasteiger partial charge in [-0.2, -0.15) is 0 Å². The Labute approximate surface area is 166 Å². The van der Waals surface area contributed by atoms with Gasteiger partial charge in [0.2, 0.25) is 11.2 Å². The molecule has 0 bridgehead atoms. The maximum absolute atomic E-state index is 13.2. The number of aldehydes is 1. The van der Waals surface area contributed by atoms with E-state index in [1.807, 2.05) is 0 Å². The molecule has 0 radical (unpaired) electrons. The summed E-state index contributed by atoms with van der Waals surface area (Å²) in [7, 11) is 0. The molecular formula is C20H13BrFNO5. The lowest BCUT2D eigenvalue weighted by Crippen LogP contribution is -2.24. The van der Waals surface area contributed by atoms with Crippen molar-refractivity contribution < 1.29 is 23.5 Å². The average Bonchev–Trinajstić information content (AvgIpc) is 2.67. The Morgan fingerprint density at radius 1 is 1.14 bits per heavy atom. The number of pyridine rings is 1. The molecule has 28 heavy (non-hydrogen) atoms. The predicted octanol–water partition coefficient (Wildman–Crippen LogP) is 3.01. The quantitative estimate of drug-likeness (QED) is 0.252. The van der Waals surface area contributed by atoms with Crippen molar-refractivity contribution in [2.75, 3.05) is 0 Å². The van der Waals surface area contributed by atoms with E-state index in [2.05, 4.69) is 15.9 Å². The Morgan fingerprint density at radius 2 is 1.86 bits per heavy atom. The monoisotopic (exact) mass is 445 g/mol. The van der Waals surface area contributed by atoms with Crippen LogP contribution >= 0.6 is 15.9 Å². The molecule has 0 N–H and O–H groups in total. The van der Waals surface area contributed by atoms with Crippen molar-refractivity contribution in [3.63, 3.8) is 0 Å². The molecule has 1 heterocycles. The first-order valence-electron chi connectivity index (χ1n) is 8.15. The third-order valence-electron chi connectivity index (χ3n) is 3.97. The maximum atomic E-state index is 13.2. The summed E-state index contributed by atoms with van der Waals surface area (Å²) in [5.41, 5.74) is 0.749. The Balaban J connectivity index is 2.08. The molecule has 0 aliphatic carbocycles. The highest BCUT2D eigenvalue weighted by molar-refractivity contribution is 9.10. The molecule has 0 saturated heterocycles. The van der Waals surface area contributed by atoms with Gasteiger partial charge in [-0.1, -0.05) is 28.1 Å². The van der Waals surface area contributed by atoms with Crippen LogP contribution in [-0.4, -0.2) is 22.6 Å². The van der Waals surface area contributed by atoms with Gasteiger partial charge in [0.15, 0.2) is 5.75 Å². The zero-order valence-corrected chi connectivity index (χ0v) is 15.9. The number of carbonyl (C=O) groups excluding carboxylic acids is 3. The number of aromatic nitrogens is 1. The van der Waals surface area contributed by atoms with Crippen LogP contribution in [0, 0.1) is 5.82 Å². The molecule has 1 aromatic heterocycles. The van der Waals surface area contributed by atoms with E-state index in [4.69, 9.17) is 4.74 Å². The predicted molar refractivity (Wildman–Crippen MR) is 103 cm³/mol. The van der Waals surface area contributed by atoms with Gasteiger partial charge in [-0.15, -0.1) is 0 Å². The van der Waals surface area contributed by atoms with Gasteiger partial charge in [0, 0.05) is 11.0 Å². The largest absolute Gasteiger partial charge is 0.415 e. The molecule has 0 unspecified atom stereocenters. The standard InChI is InChI=1S/C20H13BrFNO5/c21-13-3-6-16-15(9-13)19(26)18(28-20(27)17(25)7-8-24)11-23(16)10-12-1-4-14(22)5-2-12/h1-6,8-9,11H,7,10H2. The van der Waals surface area contributed by atoms with Crippen molar-refractivity contribution >= 4 is 44.9 Å². The summed E-state index contributed by atoms with van der Waals surface area (Å²) in [6, 6.07) is 10.9. The molecule has 8 heteroatoms. The number of carbonyl (C=O) groups is 3. The molecule has 0 atom stereocenters. The minimum Gasteiger partial charge on any atom is -0.415 e. The third-order valence-corrected chi connectivity index (χ3v) is 4.47. The first-order valence-corrected chi connectivity index (χ1v) is 8.94. The molecular weight excluding hydrogens is 433 g/mol. The molecule has 0 amide bonds.